The molecule has 0 unspecified atom stereocenters. The molecule has 2 aromatic rings. The fourth-order valence-corrected chi connectivity index (χ4v) is 3.30. The molecule has 3 amide bonds. The van der Waals surface area contributed by atoms with Gasteiger partial charge in [-0.15, -0.1) is 0 Å². The van der Waals surface area contributed by atoms with Gasteiger partial charge in [0.05, 0.1) is 31.8 Å². The first-order chi connectivity index (χ1) is 13.0. The van der Waals surface area contributed by atoms with Crippen molar-refractivity contribution in [1.29, 1.82) is 0 Å². The third-order valence-electron chi connectivity index (χ3n) is 4.84. The molecule has 0 fully saturated rings. The summed E-state index contributed by atoms with van der Waals surface area (Å²) in [6.45, 7) is 0.580. The molecule has 1 aliphatic rings. The van der Waals surface area contributed by atoms with Crippen LogP contribution in [0.15, 0.2) is 54.6 Å². The van der Waals surface area contributed by atoms with Gasteiger partial charge in [-0.25, -0.2) is 0 Å². The first kappa shape index (κ1) is 18.8. The highest BCUT2D eigenvalue weighted by molar-refractivity contribution is 6.21. The molecule has 0 aliphatic carbocycles. The molecule has 2 N–H and O–H groups in total. The molecule has 6 heteroatoms. The minimum Gasteiger partial charge on any atom is -0.350 e. The van der Waals surface area contributed by atoms with Crippen molar-refractivity contribution >= 4 is 17.7 Å². The molecule has 0 bridgehead atoms. The first-order valence-corrected chi connectivity index (χ1v) is 9.06. The second-order valence-electron chi connectivity index (χ2n) is 6.90. The summed E-state index contributed by atoms with van der Waals surface area (Å²) in [4.78, 5) is 39.3. The fraction of sp³-hybridized carbons (Fsp3) is 0.286. The van der Waals surface area contributed by atoms with E-state index in [1.807, 2.05) is 44.4 Å². The first-order valence-electron chi connectivity index (χ1n) is 9.06. The molecule has 27 heavy (non-hydrogen) atoms. The molecule has 1 aliphatic heterocycles. The normalized spacial score (nSPS) is 14.4. The Morgan fingerprint density at radius 3 is 2.07 bits per heavy atom. The summed E-state index contributed by atoms with van der Waals surface area (Å²) < 4.78 is 0. The third kappa shape index (κ3) is 4.06. The second-order valence-corrected chi connectivity index (χ2v) is 6.90. The molecule has 140 valence electrons. The van der Waals surface area contributed by atoms with E-state index in [0.29, 0.717) is 17.7 Å². The average Bonchev–Trinajstić information content (AvgIpc) is 2.91. The Kier molecular flexibility index (Phi) is 5.66. The molecule has 0 radical (unpaired) electrons. The van der Waals surface area contributed by atoms with Crippen molar-refractivity contribution in [1.82, 2.24) is 10.2 Å². The molecule has 0 spiro atoms. The molecule has 3 rings (SSSR count). The summed E-state index contributed by atoms with van der Waals surface area (Å²) in [5, 5.41) is 2.93. The van der Waals surface area contributed by atoms with Gasteiger partial charge in [0.2, 0.25) is 5.91 Å². The number of likely N-dealkylation sites (N-methyl/N-ethyl adjacent to an activating group) is 1. The zero-order valence-corrected chi connectivity index (χ0v) is 15.6. The van der Waals surface area contributed by atoms with E-state index in [1.165, 1.54) is 4.90 Å². The summed E-state index contributed by atoms with van der Waals surface area (Å²) >= 11 is 0. The quantitative estimate of drug-likeness (QED) is 0.708. The molecule has 1 atom stereocenters. The maximum absolute atomic E-state index is 12.3. The number of carbonyl (C=O) groups excluding carboxylic acids is 3. The van der Waals surface area contributed by atoms with E-state index in [4.69, 9.17) is 0 Å². The van der Waals surface area contributed by atoms with Crippen LogP contribution >= 0.6 is 0 Å². The van der Waals surface area contributed by atoms with Gasteiger partial charge in [-0.2, -0.15) is 0 Å². The van der Waals surface area contributed by atoms with Crippen molar-refractivity contribution in [3.8, 4) is 0 Å². The maximum Gasteiger partial charge on any atom is 0.261 e. The minimum absolute atomic E-state index is 0.0863. The molecule has 1 heterocycles. The van der Waals surface area contributed by atoms with E-state index < -0.39 is 0 Å². The lowest BCUT2D eigenvalue weighted by Gasteiger charge is -2.22. The number of amides is 3. The van der Waals surface area contributed by atoms with E-state index >= 15 is 0 Å². The number of hydrogen-bond acceptors (Lipinski definition) is 3. The Bertz CT molecular complexity index is 814. The Balaban J connectivity index is 1.54. The average molecular weight is 366 g/mol. The Hall–Kier alpha value is -2.99. The van der Waals surface area contributed by atoms with E-state index in [2.05, 4.69) is 5.32 Å². The van der Waals surface area contributed by atoms with Crippen molar-refractivity contribution in [2.24, 2.45) is 0 Å². The fourth-order valence-electron chi connectivity index (χ4n) is 3.30. The Morgan fingerprint density at radius 2 is 1.52 bits per heavy atom. The number of rotatable bonds is 7. The van der Waals surface area contributed by atoms with Crippen molar-refractivity contribution in [2.75, 3.05) is 27.2 Å². The van der Waals surface area contributed by atoms with Crippen molar-refractivity contribution in [2.45, 2.75) is 12.5 Å². The van der Waals surface area contributed by atoms with Crippen LogP contribution in [0.3, 0.4) is 0 Å². The van der Waals surface area contributed by atoms with Crippen LogP contribution in [0, 0.1) is 0 Å². The zero-order chi connectivity index (χ0) is 19.4. The van der Waals surface area contributed by atoms with Crippen molar-refractivity contribution in [3.05, 3.63) is 71.3 Å². The summed E-state index contributed by atoms with van der Waals surface area (Å²) in [6.07, 6.45) is 0.0930. The van der Waals surface area contributed by atoms with Gasteiger partial charge in [0.1, 0.15) is 6.04 Å². The highest BCUT2D eigenvalue weighted by atomic mass is 16.2. The number of hydrogen-bond donors (Lipinski definition) is 2. The number of nitrogens with one attached hydrogen (secondary N) is 2. The molecule has 2 aromatic carbocycles. The lowest BCUT2D eigenvalue weighted by molar-refractivity contribution is -0.890. The summed E-state index contributed by atoms with van der Waals surface area (Å²) in [6, 6.07) is 16.9. The molecular formula is C21H24N3O3+. The highest BCUT2D eigenvalue weighted by Gasteiger charge is 2.35. The van der Waals surface area contributed by atoms with E-state index in [1.54, 1.807) is 24.3 Å². The standard InChI is InChI=1S/C21H23N3O3/c1-23(2)18(15-8-4-3-5-9-15)14-22-19(25)12-13-24-20(26)16-10-6-7-11-17(16)21(24)27/h3-11,18H,12-14H2,1-2H3,(H,22,25)/p+1/t18-/m1/s1. The zero-order valence-electron chi connectivity index (χ0n) is 15.6. The van der Waals surface area contributed by atoms with Crippen molar-refractivity contribution in [3.63, 3.8) is 0 Å². The molecular weight excluding hydrogens is 342 g/mol. The predicted octanol–water partition coefficient (Wildman–Crippen LogP) is 0.675. The molecule has 0 saturated carbocycles. The van der Waals surface area contributed by atoms with Gasteiger partial charge in [-0.1, -0.05) is 42.5 Å². The van der Waals surface area contributed by atoms with Crippen LogP contribution < -0.4 is 10.2 Å². The number of carbonyl (C=O) groups is 3. The van der Waals surface area contributed by atoms with Gasteiger partial charge in [0.15, 0.2) is 0 Å². The molecule has 6 nitrogen and oxygen atoms in total. The maximum atomic E-state index is 12.3. The van der Waals surface area contributed by atoms with E-state index in [9.17, 15) is 14.4 Å². The van der Waals surface area contributed by atoms with Gasteiger partial charge in [0, 0.05) is 18.5 Å². The highest BCUT2D eigenvalue weighted by Crippen LogP contribution is 2.22. The number of fused-ring (bicyclic) bond motifs is 1. The lowest BCUT2D eigenvalue weighted by Crippen LogP contribution is -3.07. The smallest absolute Gasteiger partial charge is 0.261 e. The number of imide groups is 1. The lowest BCUT2D eigenvalue weighted by atomic mass is 10.1. The van der Waals surface area contributed by atoms with Crippen LogP contribution in [0.25, 0.3) is 0 Å². The Morgan fingerprint density at radius 1 is 0.963 bits per heavy atom. The summed E-state index contributed by atoms with van der Waals surface area (Å²) in [5.74, 6) is -0.833. The van der Waals surface area contributed by atoms with Gasteiger partial charge in [-0.3, -0.25) is 19.3 Å². The topological polar surface area (TPSA) is 70.9 Å². The van der Waals surface area contributed by atoms with Crippen LogP contribution in [-0.2, 0) is 4.79 Å². The van der Waals surface area contributed by atoms with Crippen LogP contribution in [-0.4, -0.2) is 49.8 Å². The van der Waals surface area contributed by atoms with E-state index in [-0.39, 0.29) is 36.7 Å². The second kappa shape index (κ2) is 8.14. The van der Waals surface area contributed by atoms with Gasteiger partial charge < -0.3 is 10.2 Å². The van der Waals surface area contributed by atoms with Crippen LogP contribution in [0.2, 0.25) is 0 Å². The van der Waals surface area contributed by atoms with Crippen LogP contribution in [0.4, 0.5) is 0 Å². The van der Waals surface area contributed by atoms with Crippen LogP contribution in [0.5, 0.6) is 0 Å². The van der Waals surface area contributed by atoms with Crippen LogP contribution in [0.1, 0.15) is 38.7 Å². The summed E-state index contributed by atoms with van der Waals surface area (Å²) in [7, 11) is 4.09. The predicted molar refractivity (Wildman–Crippen MR) is 101 cm³/mol. The largest absolute Gasteiger partial charge is 0.350 e. The Labute approximate surface area is 158 Å². The van der Waals surface area contributed by atoms with Crippen molar-refractivity contribution < 1.29 is 19.3 Å². The minimum atomic E-state index is -0.330. The van der Waals surface area contributed by atoms with Gasteiger partial charge in [-0.05, 0) is 12.1 Å². The van der Waals surface area contributed by atoms with Gasteiger partial charge >= 0.3 is 0 Å². The van der Waals surface area contributed by atoms with Gasteiger partial charge in [0.25, 0.3) is 11.8 Å². The van der Waals surface area contributed by atoms with E-state index in [0.717, 1.165) is 10.5 Å². The number of nitrogens with zero attached hydrogens (tertiary/aromatic N) is 1. The molecule has 0 aromatic heterocycles. The number of benzene rings is 2. The monoisotopic (exact) mass is 366 g/mol. The number of quaternary nitrogens is 1. The SMILES string of the molecule is C[NH+](C)[C@H](CNC(=O)CCN1C(=O)c2ccccc2C1=O)c1ccccc1. The third-order valence-corrected chi connectivity index (χ3v) is 4.84. The summed E-state index contributed by atoms with van der Waals surface area (Å²) in [5.41, 5.74) is 1.96. The molecule has 0 saturated heterocycles.